The first-order valence-electron chi connectivity index (χ1n) is 5.89. The van der Waals surface area contributed by atoms with Crippen LogP contribution in [0.4, 0.5) is 5.69 Å². The van der Waals surface area contributed by atoms with Crippen LogP contribution in [0.3, 0.4) is 0 Å². The Hall–Kier alpha value is -1.49. The van der Waals surface area contributed by atoms with E-state index in [1.54, 1.807) is 0 Å². The Bertz CT molecular complexity index is 638. The highest BCUT2D eigenvalue weighted by atomic mass is 79.9. The predicted molar refractivity (Wildman–Crippen MR) is 72.7 cm³/mol. The molecule has 0 N–H and O–H groups in total. The standard InChI is InChI=1S/C13H11BrN2O2/c14-9-4-5-11-10(6-9)13(8-2-1-3-8)12(7-15-11)16(17)18/h4-8H,1-3H2. The van der Waals surface area contributed by atoms with Crippen molar-refractivity contribution in [2.45, 2.75) is 25.2 Å². The quantitative estimate of drug-likeness (QED) is 0.618. The lowest BCUT2D eigenvalue weighted by Gasteiger charge is -2.26. The summed E-state index contributed by atoms with van der Waals surface area (Å²) in [6, 6.07) is 5.74. The second-order valence-corrected chi connectivity index (χ2v) is 5.52. The highest BCUT2D eigenvalue weighted by molar-refractivity contribution is 9.10. The van der Waals surface area contributed by atoms with E-state index < -0.39 is 0 Å². The van der Waals surface area contributed by atoms with Gasteiger partial charge in [0.15, 0.2) is 0 Å². The fraction of sp³-hybridized carbons (Fsp3) is 0.308. The van der Waals surface area contributed by atoms with Crippen LogP contribution in [0.1, 0.15) is 30.7 Å². The van der Waals surface area contributed by atoms with Crippen molar-refractivity contribution in [1.82, 2.24) is 4.98 Å². The van der Waals surface area contributed by atoms with Crippen molar-refractivity contribution >= 4 is 32.5 Å². The molecule has 1 aliphatic carbocycles. The smallest absolute Gasteiger partial charge is 0.258 e. The Morgan fingerprint density at radius 1 is 1.39 bits per heavy atom. The first-order valence-corrected chi connectivity index (χ1v) is 6.68. The van der Waals surface area contributed by atoms with Crippen LogP contribution >= 0.6 is 15.9 Å². The molecule has 5 heteroatoms. The van der Waals surface area contributed by atoms with Crippen LogP contribution in [0.15, 0.2) is 28.9 Å². The zero-order chi connectivity index (χ0) is 12.7. The van der Waals surface area contributed by atoms with E-state index in [2.05, 4.69) is 20.9 Å². The maximum atomic E-state index is 11.1. The van der Waals surface area contributed by atoms with Gasteiger partial charge in [0.1, 0.15) is 6.20 Å². The lowest BCUT2D eigenvalue weighted by atomic mass is 9.78. The highest BCUT2D eigenvalue weighted by Crippen LogP contribution is 2.43. The molecule has 0 radical (unpaired) electrons. The van der Waals surface area contributed by atoms with E-state index >= 15 is 0 Å². The number of halogens is 1. The number of nitro groups is 1. The molecule has 1 saturated carbocycles. The van der Waals surface area contributed by atoms with E-state index in [0.717, 1.165) is 40.2 Å². The number of hydrogen-bond acceptors (Lipinski definition) is 3. The van der Waals surface area contributed by atoms with Crippen LogP contribution < -0.4 is 0 Å². The Kier molecular flexibility index (Phi) is 2.78. The third-order valence-corrected chi connectivity index (χ3v) is 4.05. The van der Waals surface area contributed by atoms with Gasteiger partial charge in [0.05, 0.1) is 10.4 Å². The summed E-state index contributed by atoms with van der Waals surface area (Å²) in [5, 5.41) is 12.1. The molecule has 0 atom stereocenters. The fourth-order valence-corrected chi connectivity index (χ4v) is 2.81. The predicted octanol–water partition coefficient (Wildman–Crippen LogP) is 4.17. The Morgan fingerprint density at radius 3 is 2.78 bits per heavy atom. The number of rotatable bonds is 2. The monoisotopic (exact) mass is 306 g/mol. The molecule has 1 aromatic carbocycles. The van der Waals surface area contributed by atoms with Crippen molar-refractivity contribution in [2.75, 3.05) is 0 Å². The van der Waals surface area contributed by atoms with Crippen molar-refractivity contribution in [1.29, 1.82) is 0 Å². The number of benzene rings is 1. The van der Waals surface area contributed by atoms with Crippen LogP contribution in [0, 0.1) is 10.1 Å². The number of pyridine rings is 1. The average Bonchev–Trinajstić information content (AvgIpc) is 2.27. The largest absolute Gasteiger partial charge is 0.291 e. The molecule has 3 rings (SSSR count). The molecule has 1 heterocycles. The summed E-state index contributed by atoms with van der Waals surface area (Å²) in [4.78, 5) is 15.0. The third kappa shape index (κ3) is 1.79. The second-order valence-electron chi connectivity index (χ2n) is 4.60. The van der Waals surface area contributed by atoms with Gasteiger partial charge >= 0.3 is 0 Å². The molecule has 0 unspecified atom stereocenters. The highest BCUT2D eigenvalue weighted by Gasteiger charge is 2.29. The maximum Gasteiger partial charge on any atom is 0.291 e. The molecule has 2 aromatic rings. The number of nitrogens with zero attached hydrogens (tertiary/aromatic N) is 2. The molecule has 92 valence electrons. The summed E-state index contributed by atoms with van der Waals surface area (Å²) >= 11 is 3.42. The van der Waals surface area contributed by atoms with Crippen molar-refractivity contribution in [3.05, 3.63) is 44.5 Å². The fourth-order valence-electron chi connectivity index (χ4n) is 2.45. The number of aromatic nitrogens is 1. The summed E-state index contributed by atoms with van der Waals surface area (Å²) in [6.45, 7) is 0. The molecule has 0 spiro atoms. The Morgan fingerprint density at radius 2 is 2.17 bits per heavy atom. The molecule has 1 aliphatic rings. The zero-order valence-electron chi connectivity index (χ0n) is 9.60. The first-order chi connectivity index (χ1) is 8.66. The molecule has 18 heavy (non-hydrogen) atoms. The van der Waals surface area contributed by atoms with Crippen LogP contribution in [-0.2, 0) is 0 Å². The van der Waals surface area contributed by atoms with Gasteiger partial charge in [0, 0.05) is 15.4 Å². The van der Waals surface area contributed by atoms with Gasteiger partial charge in [-0.1, -0.05) is 22.4 Å². The van der Waals surface area contributed by atoms with Crippen LogP contribution in [0.25, 0.3) is 10.9 Å². The van der Waals surface area contributed by atoms with E-state index in [1.165, 1.54) is 6.20 Å². The second kappa shape index (κ2) is 4.31. The minimum absolute atomic E-state index is 0.158. The van der Waals surface area contributed by atoms with Crippen LogP contribution in [0.2, 0.25) is 0 Å². The zero-order valence-corrected chi connectivity index (χ0v) is 11.2. The SMILES string of the molecule is O=[N+]([O-])c1cnc2ccc(Br)cc2c1C1CCC1. The van der Waals surface area contributed by atoms with Gasteiger partial charge in [-0.15, -0.1) is 0 Å². The summed E-state index contributed by atoms with van der Waals surface area (Å²) in [5.74, 6) is 0.310. The Balaban J connectivity index is 2.32. The molecule has 4 nitrogen and oxygen atoms in total. The van der Waals surface area contributed by atoms with Gasteiger partial charge in [0.2, 0.25) is 0 Å². The summed E-state index contributed by atoms with van der Waals surface area (Å²) < 4.78 is 0.929. The van der Waals surface area contributed by atoms with Gasteiger partial charge in [0.25, 0.3) is 5.69 Å². The lowest BCUT2D eigenvalue weighted by Crippen LogP contribution is -2.12. The van der Waals surface area contributed by atoms with E-state index in [9.17, 15) is 10.1 Å². The van der Waals surface area contributed by atoms with E-state index in [0.29, 0.717) is 5.92 Å². The molecule has 0 bridgehead atoms. The summed E-state index contributed by atoms with van der Waals surface area (Å²) in [7, 11) is 0. The number of hydrogen-bond donors (Lipinski definition) is 0. The Labute approximate surface area is 112 Å². The summed E-state index contributed by atoms with van der Waals surface area (Å²) in [5.41, 5.74) is 1.84. The normalized spacial score (nSPS) is 15.6. The first kappa shape index (κ1) is 11.6. The van der Waals surface area contributed by atoms with Crippen molar-refractivity contribution < 1.29 is 4.92 Å². The molecule has 0 aliphatic heterocycles. The molecular weight excluding hydrogens is 296 g/mol. The summed E-state index contributed by atoms with van der Waals surface area (Å²) in [6.07, 6.45) is 4.61. The van der Waals surface area contributed by atoms with Gasteiger partial charge in [-0.2, -0.15) is 0 Å². The molecular formula is C13H11BrN2O2. The maximum absolute atomic E-state index is 11.1. The van der Waals surface area contributed by atoms with E-state index in [-0.39, 0.29) is 10.6 Å². The van der Waals surface area contributed by atoms with Gasteiger partial charge < -0.3 is 0 Å². The molecule has 1 aromatic heterocycles. The molecule has 0 amide bonds. The third-order valence-electron chi connectivity index (χ3n) is 3.56. The van der Waals surface area contributed by atoms with Crippen molar-refractivity contribution in [2.24, 2.45) is 0 Å². The van der Waals surface area contributed by atoms with Crippen molar-refractivity contribution in [3.63, 3.8) is 0 Å². The minimum Gasteiger partial charge on any atom is -0.258 e. The molecule has 0 saturated heterocycles. The van der Waals surface area contributed by atoms with Crippen LogP contribution in [-0.4, -0.2) is 9.91 Å². The lowest BCUT2D eigenvalue weighted by molar-refractivity contribution is -0.386. The van der Waals surface area contributed by atoms with E-state index in [4.69, 9.17) is 0 Å². The average molecular weight is 307 g/mol. The van der Waals surface area contributed by atoms with Gasteiger partial charge in [-0.25, -0.2) is 4.98 Å². The number of fused-ring (bicyclic) bond motifs is 1. The van der Waals surface area contributed by atoms with Crippen molar-refractivity contribution in [3.8, 4) is 0 Å². The van der Waals surface area contributed by atoms with Gasteiger partial charge in [-0.05, 0) is 37.0 Å². The van der Waals surface area contributed by atoms with Gasteiger partial charge in [-0.3, -0.25) is 10.1 Å². The van der Waals surface area contributed by atoms with Crippen LogP contribution in [0.5, 0.6) is 0 Å². The van der Waals surface area contributed by atoms with E-state index in [1.807, 2.05) is 18.2 Å². The molecule has 1 fully saturated rings. The topological polar surface area (TPSA) is 56.0 Å². The minimum atomic E-state index is -0.318.